The number of alkyl halides is 2. The highest BCUT2D eigenvalue weighted by Gasteiger charge is 2.34. The summed E-state index contributed by atoms with van der Waals surface area (Å²) >= 11 is 0. The van der Waals surface area contributed by atoms with Crippen LogP contribution in [0.4, 0.5) is 8.78 Å². The Morgan fingerprint density at radius 1 is 1.32 bits per heavy atom. The zero-order valence-electron chi connectivity index (χ0n) is 14.5. The van der Waals surface area contributed by atoms with Crippen molar-refractivity contribution in [2.24, 2.45) is 5.92 Å². The average molecular weight is 356 g/mol. The lowest BCUT2D eigenvalue weighted by atomic mass is 9.94. The summed E-state index contributed by atoms with van der Waals surface area (Å²) in [5.74, 6) is 0.920. The molecule has 0 aromatic heterocycles. The molecule has 25 heavy (non-hydrogen) atoms. The summed E-state index contributed by atoms with van der Waals surface area (Å²) in [4.78, 5) is 0. The predicted molar refractivity (Wildman–Crippen MR) is 90.2 cm³/mol. The lowest BCUT2D eigenvalue weighted by Crippen LogP contribution is -2.50. The third kappa shape index (κ3) is 4.80. The highest BCUT2D eigenvalue weighted by atomic mass is 19.3. The van der Waals surface area contributed by atoms with Gasteiger partial charge in [-0.25, -0.2) is 0 Å². The molecule has 1 aromatic carbocycles. The van der Waals surface area contributed by atoms with Gasteiger partial charge in [0.05, 0.1) is 20.3 Å². The second kappa shape index (κ2) is 8.78. The molecule has 140 valence electrons. The summed E-state index contributed by atoms with van der Waals surface area (Å²) in [6.45, 7) is 0.185. The first-order chi connectivity index (χ1) is 12.2. The lowest BCUT2D eigenvalue weighted by Gasteiger charge is -2.33. The molecular formula is C18H26F2N2O3. The van der Waals surface area contributed by atoms with Crippen molar-refractivity contribution in [3.8, 4) is 11.5 Å². The fourth-order valence-corrected chi connectivity index (χ4v) is 3.85. The van der Waals surface area contributed by atoms with Crippen LogP contribution in [0.5, 0.6) is 11.5 Å². The van der Waals surface area contributed by atoms with E-state index in [1.807, 2.05) is 6.07 Å². The van der Waals surface area contributed by atoms with E-state index in [2.05, 4.69) is 15.4 Å². The molecule has 3 atom stereocenters. The van der Waals surface area contributed by atoms with Crippen molar-refractivity contribution in [2.75, 3.05) is 26.9 Å². The number of hydrogen-bond donors (Lipinski definition) is 2. The molecule has 2 N–H and O–H groups in total. The number of rotatable bonds is 7. The number of ether oxygens (including phenoxy) is 3. The zero-order chi connectivity index (χ0) is 17.6. The molecule has 2 aliphatic rings. The quantitative estimate of drug-likeness (QED) is 0.786. The van der Waals surface area contributed by atoms with Crippen LogP contribution in [0.3, 0.4) is 0 Å². The Hall–Kier alpha value is -1.44. The van der Waals surface area contributed by atoms with Gasteiger partial charge in [-0.3, -0.25) is 0 Å². The maximum absolute atomic E-state index is 12.5. The molecule has 5 nitrogen and oxygen atoms in total. The standard InChI is InChI=1S/C18H26F2N2O3/c1-23-16-6-5-12(9-17(16)25-18(19)20)10-22-14-4-2-3-13(14)15-11-24-8-7-21-15/h5-6,9,13-15,18,21-22H,2-4,7-8,10-11H2,1H3. The molecule has 0 amide bonds. The monoisotopic (exact) mass is 356 g/mol. The van der Waals surface area contributed by atoms with Crippen LogP contribution >= 0.6 is 0 Å². The van der Waals surface area contributed by atoms with E-state index in [1.165, 1.54) is 20.0 Å². The van der Waals surface area contributed by atoms with Crippen molar-refractivity contribution < 1.29 is 23.0 Å². The Bertz CT molecular complexity index is 553. The number of halogens is 2. The largest absolute Gasteiger partial charge is 0.493 e. The fraction of sp³-hybridized carbons (Fsp3) is 0.667. The second-order valence-corrected chi connectivity index (χ2v) is 6.58. The molecule has 1 heterocycles. The van der Waals surface area contributed by atoms with Gasteiger partial charge in [0, 0.05) is 25.2 Å². The number of benzene rings is 1. The van der Waals surface area contributed by atoms with Crippen LogP contribution in [0.25, 0.3) is 0 Å². The van der Waals surface area contributed by atoms with Crippen molar-refractivity contribution in [3.05, 3.63) is 23.8 Å². The number of morpholine rings is 1. The second-order valence-electron chi connectivity index (χ2n) is 6.58. The Morgan fingerprint density at radius 2 is 2.20 bits per heavy atom. The van der Waals surface area contributed by atoms with E-state index in [0.717, 1.165) is 31.7 Å². The van der Waals surface area contributed by atoms with E-state index in [9.17, 15) is 8.78 Å². The Balaban J connectivity index is 1.60. The summed E-state index contributed by atoms with van der Waals surface area (Å²) in [6.07, 6.45) is 3.50. The minimum atomic E-state index is -2.87. The summed E-state index contributed by atoms with van der Waals surface area (Å²) in [5, 5.41) is 7.13. The molecule has 2 fully saturated rings. The van der Waals surface area contributed by atoms with Crippen molar-refractivity contribution >= 4 is 0 Å². The minimum Gasteiger partial charge on any atom is -0.493 e. The predicted octanol–water partition coefficient (Wildman–Crippen LogP) is 2.54. The topological polar surface area (TPSA) is 51.8 Å². The van der Waals surface area contributed by atoms with Crippen LogP contribution in [-0.4, -0.2) is 45.6 Å². The van der Waals surface area contributed by atoms with Crippen molar-refractivity contribution in [3.63, 3.8) is 0 Å². The molecule has 0 bridgehead atoms. The van der Waals surface area contributed by atoms with Crippen LogP contribution in [0.2, 0.25) is 0 Å². The van der Waals surface area contributed by atoms with Gasteiger partial charge in [-0.1, -0.05) is 12.5 Å². The van der Waals surface area contributed by atoms with Crippen molar-refractivity contribution in [2.45, 2.75) is 44.5 Å². The maximum Gasteiger partial charge on any atom is 0.387 e. The summed E-state index contributed by atoms with van der Waals surface area (Å²) < 4.78 is 40.3. The maximum atomic E-state index is 12.5. The number of nitrogens with one attached hydrogen (secondary N) is 2. The van der Waals surface area contributed by atoms with Crippen LogP contribution in [0, 0.1) is 5.92 Å². The lowest BCUT2D eigenvalue weighted by molar-refractivity contribution is -0.0512. The van der Waals surface area contributed by atoms with Crippen LogP contribution < -0.4 is 20.1 Å². The fourth-order valence-electron chi connectivity index (χ4n) is 3.85. The molecule has 1 saturated heterocycles. The van der Waals surface area contributed by atoms with E-state index < -0.39 is 6.61 Å². The first kappa shape index (κ1) is 18.4. The zero-order valence-corrected chi connectivity index (χ0v) is 14.5. The average Bonchev–Trinajstić information content (AvgIpc) is 3.09. The molecule has 1 saturated carbocycles. The van der Waals surface area contributed by atoms with E-state index in [1.54, 1.807) is 12.1 Å². The van der Waals surface area contributed by atoms with E-state index in [-0.39, 0.29) is 5.75 Å². The van der Waals surface area contributed by atoms with E-state index in [0.29, 0.717) is 30.3 Å². The van der Waals surface area contributed by atoms with Crippen molar-refractivity contribution in [1.29, 1.82) is 0 Å². The van der Waals surface area contributed by atoms with Crippen LogP contribution in [-0.2, 0) is 11.3 Å². The Morgan fingerprint density at radius 3 is 2.92 bits per heavy atom. The van der Waals surface area contributed by atoms with Gasteiger partial charge in [0.2, 0.25) is 0 Å². The van der Waals surface area contributed by atoms with Crippen molar-refractivity contribution in [1.82, 2.24) is 10.6 Å². The van der Waals surface area contributed by atoms with Gasteiger partial charge in [0.1, 0.15) is 0 Å². The minimum absolute atomic E-state index is 0.0714. The molecule has 1 aliphatic heterocycles. The highest BCUT2D eigenvalue weighted by Crippen LogP contribution is 2.31. The van der Waals surface area contributed by atoms with E-state index >= 15 is 0 Å². The van der Waals surface area contributed by atoms with Crippen LogP contribution in [0.1, 0.15) is 24.8 Å². The summed E-state index contributed by atoms with van der Waals surface area (Å²) in [6, 6.07) is 5.94. The van der Waals surface area contributed by atoms with Gasteiger partial charge in [0.25, 0.3) is 0 Å². The van der Waals surface area contributed by atoms with Gasteiger partial charge in [0.15, 0.2) is 11.5 Å². The highest BCUT2D eigenvalue weighted by molar-refractivity contribution is 5.43. The normalized spacial score (nSPS) is 26.8. The third-order valence-corrected chi connectivity index (χ3v) is 5.05. The SMILES string of the molecule is COc1ccc(CNC2CCCC2C2COCCN2)cc1OC(F)F. The van der Waals surface area contributed by atoms with Gasteiger partial charge >= 0.3 is 6.61 Å². The smallest absolute Gasteiger partial charge is 0.387 e. The van der Waals surface area contributed by atoms with Gasteiger partial charge in [-0.05, 0) is 36.5 Å². The molecule has 3 rings (SSSR count). The summed E-state index contributed by atoms with van der Waals surface area (Å²) in [7, 11) is 1.44. The van der Waals surface area contributed by atoms with Gasteiger partial charge < -0.3 is 24.8 Å². The molecule has 7 heteroatoms. The molecule has 0 radical (unpaired) electrons. The third-order valence-electron chi connectivity index (χ3n) is 5.05. The van der Waals surface area contributed by atoms with Gasteiger partial charge in [-0.15, -0.1) is 0 Å². The number of hydrogen-bond acceptors (Lipinski definition) is 5. The first-order valence-corrected chi connectivity index (χ1v) is 8.83. The molecule has 1 aromatic rings. The first-order valence-electron chi connectivity index (χ1n) is 8.83. The summed E-state index contributed by atoms with van der Waals surface area (Å²) in [5.41, 5.74) is 0.898. The Labute approximate surface area is 147 Å². The molecule has 3 unspecified atom stereocenters. The Kier molecular flexibility index (Phi) is 6.45. The van der Waals surface area contributed by atoms with Crippen LogP contribution in [0.15, 0.2) is 18.2 Å². The number of methoxy groups -OCH3 is 1. The van der Waals surface area contributed by atoms with Gasteiger partial charge in [-0.2, -0.15) is 8.78 Å². The molecule has 0 spiro atoms. The molecular weight excluding hydrogens is 330 g/mol. The van der Waals surface area contributed by atoms with E-state index in [4.69, 9.17) is 9.47 Å². The molecule has 1 aliphatic carbocycles.